The van der Waals surface area contributed by atoms with E-state index in [-0.39, 0.29) is 16.4 Å². The zero-order valence-electron chi connectivity index (χ0n) is 25.8. The number of hydrogen-bond acceptors (Lipinski definition) is 20. The number of rotatable bonds is 2. The van der Waals surface area contributed by atoms with Gasteiger partial charge in [0.2, 0.25) is 0 Å². The molecule has 0 unspecified atom stereocenters. The molecule has 4 saturated heterocycles. The fraction of sp³-hybridized carbons (Fsp3) is 0. The van der Waals surface area contributed by atoms with Crippen molar-refractivity contribution in [2.24, 2.45) is 11.5 Å². The lowest BCUT2D eigenvalue weighted by molar-refractivity contribution is -0.115. The second kappa shape index (κ2) is 22.2. The van der Waals surface area contributed by atoms with Gasteiger partial charge in [-0.25, -0.2) is 0 Å². The third kappa shape index (κ3) is 16.1. The number of hydrogen-bond donors (Lipinski definition) is 12. The molecule has 0 atom stereocenters. The highest BCUT2D eigenvalue weighted by Gasteiger charge is 2.54. The molecule has 22 N–H and O–H groups in total. The molecule has 4 heterocycles. The van der Waals surface area contributed by atoms with E-state index >= 15 is 0 Å². The van der Waals surface area contributed by atoms with Crippen LogP contribution in [0.25, 0.3) is 0 Å². The molecule has 4 aliphatic heterocycles. The largest absolute Gasteiger partial charge is 0.582 e. The minimum absolute atomic E-state index is 0. The molecule has 51 heavy (non-hydrogen) atoms. The molecule has 0 saturated carbocycles. The van der Waals surface area contributed by atoms with E-state index in [9.17, 15) is 0 Å². The highest BCUT2D eigenvalue weighted by molar-refractivity contribution is 6.82. The lowest BCUT2D eigenvalue weighted by Crippen LogP contribution is -2.69. The summed E-state index contributed by atoms with van der Waals surface area (Å²) < 4.78 is 52.8. The lowest BCUT2D eigenvalue weighted by atomic mass is 9.84. The van der Waals surface area contributed by atoms with Crippen LogP contribution >= 0.6 is 0 Å². The van der Waals surface area contributed by atoms with Crippen LogP contribution < -0.4 is 22.3 Å². The van der Waals surface area contributed by atoms with Crippen molar-refractivity contribution in [2.45, 2.75) is 0 Å². The van der Waals surface area contributed by atoms with Crippen LogP contribution in [0, 0.1) is 0 Å². The van der Waals surface area contributed by atoms with Gasteiger partial charge in [-0.3, -0.25) is 22.3 Å². The molecule has 4 fully saturated rings. The Kier molecular flexibility index (Phi) is 21.0. The van der Waals surface area contributed by atoms with E-state index in [0.717, 1.165) is 11.1 Å². The van der Waals surface area contributed by atoms with Crippen LogP contribution in [0.1, 0.15) is 11.1 Å². The second-order valence-electron chi connectivity index (χ2n) is 8.89. The van der Waals surface area contributed by atoms with Crippen molar-refractivity contribution < 1.29 is 122 Å². The van der Waals surface area contributed by atoms with Crippen LogP contribution in [0.5, 0.6) is 0 Å². The number of amidine groups is 2. The van der Waals surface area contributed by atoms with E-state index in [4.69, 9.17) is 62.5 Å². The van der Waals surface area contributed by atoms with Crippen molar-refractivity contribution in [3.05, 3.63) is 71.8 Å². The van der Waals surface area contributed by atoms with Gasteiger partial charge in [0.25, 0.3) is 11.7 Å². The molecule has 2 spiro atoms. The first-order chi connectivity index (χ1) is 22.6. The van der Waals surface area contributed by atoms with Crippen LogP contribution in [0.15, 0.2) is 60.7 Å². The molecule has 0 aromatic heterocycles. The quantitative estimate of drug-likeness (QED) is 0.0774. The highest BCUT2D eigenvalue weighted by atomic mass is 17.0. The first-order valence-electron chi connectivity index (χ1n) is 13.2. The van der Waals surface area contributed by atoms with Crippen molar-refractivity contribution in [1.29, 1.82) is 0 Å². The molecule has 4 aliphatic rings. The summed E-state index contributed by atoms with van der Waals surface area (Å²) in [6.45, 7) is -6.42. The lowest BCUT2D eigenvalue weighted by Gasteiger charge is -2.49. The first kappa shape index (κ1) is 48.1. The fourth-order valence-electron chi connectivity index (χ4n) is 3.44. The van der Waals surface area contributed by atoms with E-state index in [1.165, 1.54) is 0 Å². The van der Waals surface area contributed by atoms with E-state index < -0.39 is 72.5 Å². The molecule has 0 amide bonds. The maximum atomic E-state index is 8.94. The zero-order chi connectivity index (χ0) is 35.5. The van der Waals surface area contributed by atoms with Crippen LogP contribution in [0.4, 0.5) is 0 Å². The fourth-order valence-corrected chi connectivity index (χ4v) is 3.44. The van der Waals surface area contributed by atoms with Crippen molar-refractivity contribution in [3.8, 4) is 0 Å². The highest BCUT2D eigenvalue weighted by Crippen LogP contribution is 2.24. The van der Waals surface area contributed by atoms with Gasteiger partial charge >= 0.3 is 72.5 Å². The molecule has 2 aromatic carbocycles. The van der Waals surface area contributed by atoms with Gasteiger partial charge in [0.15, 0.2) is 0 Å². The van der Waals surface area contributed by atoms with E-state index in [0.29, 0.717) is 11.7 Å². The summed E-state index contributed by atoms with van der Waals surface area (Å²) in [7, 11) is -15.2. The normalized spacial score (nSPS) is 18.7. The minimum Gasteiger partial charge on any atom is -0.539 e. The van der Waals surface area contributed by atoms with E-state index in [2.05, 4.69) is 54.9 Å². The molecule has 2 aromatic rings. The van der Waals surface area contributed by atoms with Gasteiger partial charge in [0.05, 0.1) is 11.1 Å². The molecule has 6 rings (SSSR count). The molecule has 27 nitrogen and oxygen atoms in total. The predicted molar refractivity (Wildman–Crippen MR) is 172 cm³/mol. The molecule has 37 heteroatoms. The van der Waals surface area contributed by atoms with Crippen LogP contribution in [-0.2, 0) is 54.9 Å². The Hall–Kier alpha value is -2.89. The monoisotopic (exact) mass is 734 g/mol. The van der Waals surface area contributed by atoms with Gasteiger partial charge in [-0.1, -0.05) is 36.4 Å². The maximum Gasteiger partial charge on any atom is 0.582 e. The molecule has 0 aliphatic carbocycles. The average Bonchev–Trinajstić information content (AvgIpc) is 2.96. The summed E-state index contributed by atoms with van der Waals surface area (Å²) in [6, 6.07) is 18.9. The Labute approximate surface area is 289 Å². The van der Waals surface area contributed by atoms with Crippen molar-refractivity contribution in [1.82, 2.24) is 0 Å². The van der Waals surface area contributed by atoms with Gasteiger partial charge in [0, 0.05) is 0 Å². The third-order valence-corrected chi connectivity index (χ3v) is 5.41. The topological polar surface area (TPSA) is 470 Å². The molecular formula is C14H32B10N4O23. The van der Waals surface area contributed by atoms with E-state index in [1.54, 1.807) is 0 Å². The van der Waals surface area contributed by atoms with Gasteiger partial charge in [-0.2, -0.15) is 0 Å². The maximum absolute atomic E-state index is 8.94. The molecular weight excluding hydrogens is 700 g/mol. The first-order valence-corrected chi connectivity index (χ1v) is 13.2. The Bertz CT molecular complexity index is 1120. The number of benzene rings is 2. The van der Waals surface area contributed by atoms with E-state index in [1.807, 2.05) is 60.7 Å². The second-order valence-corrected chi connectivity index (χ2v) is 8.89. The Balaban J connectivity index is 0.000000659. The third-order valence-electron chi connectivity index (χ3n) is 5.41. The van der Waals surface area contributed by atoms with Gasteiger partial charge in [0.1, 0.15) is 0 Å². The average molecular weight is 733 g/mol. The molecule has 0 radical (unpaired) electrons. The Morgan fingerprint density at radius 3 is 0.725 bits per heavy atom. The van der Waals surface area contributed by atoms with Crippen molar-refractivity contribution in [3.63, 3.8) is 0 Å². The van der Waals surface area contributed by atoms with Crippen molar-refractivity contribution >= 4 is 84.2 Å². The summed E-state index contributed by atoms with van der Waals surface area (Å²) in [5.41, 5.74) is 12.4. The number of nitrogens with two attached hydrogens (primary N) is 4. The van der Waals surface area contributed by atoms with Crippen LogP contribution in [-0.4, -0.2) is 141 Å². The van der Waals surface area contributed by atoms with Crippen molar-refractivity contribution in [2.75, 3.05) is 0 Å². The summed E-state index contributed by atoms with van der Waals surface area (Å²) in [4.78, 5) is 0. The van der Waals surface area contributed by atoms with Gasteiger partial charge in [-0.15, -0.1) is 0 Å². The molecule has 276 valence electrons. The predicted octanol–water partition coefficient (Wildman–Crippen LogP) is -13.3. The standard InChI is InChI=1S/2C7H8N2.2B5H4O10.3H2O/c2*8-7(9)6-4-2-1-3-5-6;2*6-1-10-2(7)13-5(12-1)14-3(8)11-4(9)15-5;;;/h2*1-5H,(H3,8,9);2*6-9H;3*1H2/q;;2*-1;;;/p+2. The SMILES string of the molecule is NC(=[NH2+])c1ccccc1.NC(=[NH2+])c1ccccc1.O.O.O.OB1OB(O)O[B-]2(O1)OB(O)OB(O)O2.OB1OB(O)O[B-]2(O1)OB(O)OB(O)O2. The smallest absolute Gasteiger partial charge is 0.539 e. The molecule has 0 bridgehead atoms. The summed E-state index contributed by atoms with van der Waals surface area (Å²) in [6.07, 6.45) is 0. The van der Waals surface area contributed by atoms with Crippen LogP contribution in [0.3, 0.4) is 0 Å². The summed E-state index contributed by atoms with van der Waals surface area (Å²) >= 11 is 0. The zero-order valence-corrected chi connectivity index (χ0v) is 25.8. The van der Waals surface area contributed by atoms with Gasteiger partial charge < -0.3 is 111 Å². The Morgan fingerprint density at radius 1 is 0.412 bits per heavy atom. The Morgan fingerprint density at radius 2 is 0.588 bits per heavy atom. The summed E-state index contributed by atoms with van der Waals surface area (Å²) in [5, 5.41) is 82.1. The summed E-state index contributed by atoms with van der Waals surface area (Å²) in [5.74, 6) is 0.742. The van der Waals surface area contributed by atoms with Gasteiger partial charge in [-0.05, 0) is 24.3 Å². The minimum atomic E-state index is -3.21. The van der Waals surface area contributed by atoms with Crippen LogP contribution in [0.2, 0.25) is 0 Å².